The average Bonchev–Trinajstić information content (AvgIpc) is 2.78. The summed E-state index contributed by atoms with van der Waals surface area (Å²) in [7, 11) is 1.78. The first-order valence-electron chi connectivity index (χ1n) is 7.45. The highest BCUT2D eigenvalue weighted by atomic mass is 16.2. The molecule has 0 radical (unpaired) electrons. The van der Waals surface area contributed by atoms with E-state index in [4.69, 9.17) is 0 Å². The van der Waals surface area contributed by atoms with Crippen molar-refractivity contribution >= 4 is 17.4 Å². The van der Waals surface area contributed by atoms with Crippen molar-refractivity contribution in [2.75, 3.05) is 11.4 Å². The first-order valence-corrected chi connectivity index (χ1v) is 7.45. The number of aromatic nitrogens is 2. The molecule has 0 spiro atoms. The van der Waals surface area contributed by atoms with Gasteiger partial charge in [-0.25, -0.2) is 0 Å². The van der Waals surface area contributed by atoms with Crippen molar-refractivity contribution in [3.63, 3.8) is 0 Å². The van der Waals surface area contributed by atoms with Crippen molar-refractivity contribution in [1.82, 2.24) is 9.78 Å². The van der Waals surface area contributed by atoms with E-state index in [9.17, 15) is 9.59 Å². The highest BCUT2D eigenvalue weighted by Gasteiger charge is 2.31. The van der Waals surface area contributed by atoms with Crippen molar-refractivity contribution in [2.45, 2.75) is 26.7 Å². The number of aryl methyl sites for hydroxylation is 3. The highest BCUT2D eigenvalue weighted by molar-refractivity contribution is 6.47. The Balaban J connectivity index is 1.97. The summed E-state index contributed by atoms with van der Waals surface area (Å²) in [5, 5.41) is 4.23. The lowest BCUT2D eigenvalue weighted by Gasteiger charge is -2.28. The molecule has 1 aliphatic heterocycles. The second kappa shape index (κ2) is 5.40. The maximum atomic E-state index is 12.7. The number of fused-ring (bicyclic) bond motifs is 1. The predicted octanol–water partition coefficient (Wildman–Crippen LogP) is 2.20. The topological polar surface area (TPSA) is 55.2 Å². The van der Waals surface area contributed by atoms with Gasteiger partial charge < -0.3 is 4.90 Å². The molecule has 1 aromatic carbocycles. The molecule has 0 atom stereocenters. The minimum atomic E-state index is -0.472. The number of amides is 1. The quantitative estimate of drug-likeness (QED) is 0.631. The number of benzene rings is 1. The zero-order chi connectivity index (χ0) is 15.9. The molecule has 0 bridgehead atoms. The predicted molar refractivity (Wildman–Crippen MR) is 84.1 cm³/mol. The van der Waals surface area contributed by atoms with Crippen LogP contribution in [0.1, 0.15) is 33.7 Å². The van der Waals surface area contributed by atoms with Crippen molar-refractivity contribution in [3.05, 3.63) is 46.8 Å². The summed E-state index contributed by atoms with van der Waals surface area (Å²) in [5.41, 5.74) is 3.72. The van der Waals surface area contributed by atoms with Crippen LogP contribution in [0.2, 0.25) is 0 Å². The molecule has 1 aliphatic rings. The maximum Gasteiger partial charge on any atom is 0.299 e. The Hall–Kier alpha value is -2.43. The molecule has 1 amide bonds. The van der Waals surface area contributed by atoms with Crippen LogP contribution in [0, 0.1) is 13.8 Å². The normalized spacial score (nSPS) is 13.9. The molecule has 1 aromatic heterocycles. The van der Waals surface area contributed by atoms with E-state index in [1.54, 1.807) is 23.6 Å². The van der Waals surface area contributed by atoms with Crippen LogP contribution in [0.4, 0.5) is 5.69 Å². The second-order valence-electron chi connectivity index (χ2n) is 5.69. The van der Waals surface area contributed by atoms with Gasteiger partial charge in [-0.05, 0) is 38.3 Å². The molecule has 2 heterocycles. The SMILES string of the molecule is Cc1nn(C)c(C)c1C(=O)C(=O)N1CCCc2ccccc21. The summed E-state index contributed by atoms with van der Waals surface area (Å²) in [4.78, 5) is 27.0. The van der Waals surface area contributed by atoms with Crippen LogP contribution in [-0.2, 0) is 18.3 Å². The van der Waals surface area contributed by atoms with E-state index in [0.717, 1.165) is 29.8 Å². The van der Waals surface area contributed by atoms with Gasteiger partial charge >= 0.3 is 0 Å². The first-order chi connectivity index (χ1) is 10.5. The van der Waals surface area contributed by atoms with Crippen molar-refractivity contribution in [1.29, 1.82) is 0 Å². The van der Waals surface area contributed by atoms with Gasteiger partial charge in [0, 0.05) is 25.0 Å². The van der Waals surface area contributed by atoms with Gasteiger partial charge in [-0.2, -0.15) is 5.10 Å². The minimum absolute atomic E-state index is 0.426. The Bertz CT molecular complexity index is 761. The highest BCUT2D eigenvalue weighted by Crippen LogP contribution is 2.27. The summed E-state index contributed by atoms with van der Waals surface area (Å²) in [6.07, 6.45) is 1.82. The number of carbonyl (C=O) groups is 2. The smallest absolute Gasteiger partial charge is 0.299 e. The van der Waals surface area contributed by atoms with Gasteiger partial charge in [0.15, 0.2) is 0 Å². The number of hydrogen-bond donors (Lipinski definition) is 0. The first kappa shape index (κ1) is 14.5. The Morgan fingerprint density at radius 2 is 1.91 bits per heavy atom. The molecule has 3 rings (SSSR count). The molecule has 114 valence electrons. The van der Waals surface area contributed by atoms with Crippen molar-refractivity contribution in [2.24, 2.45) is 7.05 Å². The van der Waals surface area contributed by atoms with Gasteiger partial charge in [0.25, 0.3) is 11.7 Å². The molecule has 22 heavy (non-hydrogen) atoms. The summed E-state index contributed by atoms with van der Waals surface area (Å²) in [6, 6.07) is 7.78. The molecule has 2 aromatic rings. The lowest BCUT2D eigenvalue weighted by Crippen LogP contribution is -2.40. The van der Waals surface area contributed by atoms with Crippen molar-refractivity contribution in [3.8, 4) is 0 Å². The summed E-state index contributed by atoms with van der Waals surface area (Å²) >= 11 is 0. The van der Waals surface area contributed by atoms with Crippen molar-refractivity contribution < 1.29 is 9.59 Å². The summed E-state index contributed by atoms with van der Waals surface area (Å²) < 4.78 is 1.64. The number of anilines is 1. The number of Topliss-reactive ketones (excluding diaryl/α,β-unsaturated/α-hetero) is 1. The standard InChI is InChI=1S/C17H19N3O2/c1-11-15(12(2)19(3)18-11)16(21)17(22)20-10-6-8-13-7-4-5-9-14(13)20/h4-5,7,9H,6,8,10H2,1-3H3. The van der Waals surface area contributed by atoms with E-state index < -0.39 is 11.7 Å². The monoisotopic (exact) mass is 297 g/mol. The van der Waals surface area contributed by atoms with Gasteiger partial charge in [-0.15, -0.1) is 0 Å². The Kier molecular flexibility index (Phi) is 3.56. The van der Waals surface area contributed by atoms with Gasteiger partial charge in [0.05, 0.1) is 11.3 Å². The largest absolute Gasteiger partial charge is 0.305 e. The summed E-state index contributed by atoms with van der Waals surface area (Å²) in [5.74, 6) is -0.939. The molecule has 0 saturated heterocycles. The molecule has 0 saturated carbocycles. The van der Waals surface area contributed by atoms with E-state index in [0.29, 0.717) is 17.8 Å². The van der Waals surface area contributed by atoms with E-state index in [1.807, 2.05) is 31.2 Å². The van der Waals surface area contributed by atoms with Gasteiger partial charge in [0.1, 0.15) is 0 Å². The Labute approximate surface area is 129 Å². The van der Waals surface area contributed by atoms with Gasteiger partial charge in [-0.1, -0.05) is 18.2 Å². The van der Waals surface area contributed by atoms with E-state index >= 15 is 0 Å². The van der Waals surface area contributed by atoms with Crippen LogP contribution in [0.5, 0.6) is 0 Å². The third-order valence-corrected chi connectivity index (χ3v) is 4.29. The molecule has 5 heteroatoms. The summed E-state index contributed by atoms with van der Waals surface area (Å²) in [6.45, 7) is 4.16. The van der Waals surface area contributed by atoms with Crippen LogP contribution in [0.15, 0.2) is 24.3 Å². The van der Waals surface area contributed by atoms with Crippen LogP contribution < -0.4 is 4.90 Å². The lowest BCUT2D eigenvalue weighted by atomic mass is 10.00. The van der Waals surface area contributed by atoms with E-state index in [-0.39, 0.29) is 0 Å². The number of rotatable bonds is 2. The number of nitrogens with zero attached hydrogens (tertiary/aromatic N) is 3. The lowest BCUT2D eigenvalue weighted by molar-refractivity contribution is -0.114. The number of ketones is 1. The fourth-order valence-electron chi connectivity index (χ4n) is 3.08. The number of para-hydroxylation sites is 1. The fourth-order valence-corrected chi connectivity index (χ4v) is 3.08. The minimum Gasteiger partial charge on any atom is -0.305 e. The molecule has 0 unspecified atom stereocenters. The van der Waals surface area contributed by atoms with Crippen LogP contribution in [0.25, 0.3) is 0 Å². The molecule has 0 N–H and O–H groups in total. The number of hydrogen-bond acceptors (Lipinski definition) is 3. The van der Waals surface area contributed by atoms with E-state index in [2.05, 4.69) is 5.10 Å². The van der Waals surface area contributed by atoms with Gasteiger partial charge in [0.2, 0.25) is 0 Å². The van der Waals surface area contributed by atoms with E-state index in [1.165, 1.54) is 0 Å². The zero-order valence-corrected chi connectivity index (χ0v) is 13.1. The molecular formula is C17H19N3O2. The molecule has 0 fully saturated rings. The maximum absolute atomic E-state index is 12.7. The third-order valence-electron chi connectivity index (χ3n) is 4.29. The fraction of sp³-hybridized carbons (Fsp3) is 0.353. The second-order valence-corrected chi connectivity index (χ2v) is 5.69. The zero-order valence-electron chi connectivity index (χ0n) is 13.1. The van der Waals surface area contributed by atoms with Crippen LogP contribution in [-0.4, -0.2) is 28.0 Å². The number of carbonyl (C=O) groups excluding carboxylic acids is 2. The Morgan fingerprint density at radius 1 is 1.18 bits per heavy atom. The molecule has 5 nitrogen and oxygen atoms in total. The van der Waals surface area contributed by atoms with Crippen LogP contribution in [0.3, 0.4) is 0 Å². The average molecular weight is 297 g/mol. The molecular weight excluding hydrogens is 278 g/mol. The Morgan fingerprint density at radius 3 is 2.59 bits per heavy atom. The third kappa shape index (κ3) is 2.22. The molecule has 0 aliphatic carbocycles. The van der Waals surface area contributed by atoms with Gasteiger partial charge in [-0.3, -0.25) is 14.3 Å². The van der Waals surface area contributed by atoms with Crippen LogP contribution >= 0.6 is 0 Å².